The summed E-state index contributed by atoms with van der Waals surface area (Å²) in [6.07, 6.45) is 0. The number of amides is 1. The highest BCUT2D eigenvalue weighted by Crippen LogP contribution is 2.12. The van der Waals surface area contributed by atoms with Gasteiger partial charge in [0.1, 0.15) is 5.69 Å². The average molecular weight is 347 g/mol. The van der Waals surface area contributed by atoms with Crippen molar-refractivity contribution >= 4 is 5.91 Å². The van der Waals surface area contributed by atoms with Gasteiger partial charge in [0.2, 0.25) is 0 Å². The number of nitrogens with zero attached hydrogens (tertiary/aromatic N) is 3. The molecule has 0 aliphatic carbocycles. The molecule has 0 spiro atoms. The fraction of sp³-hybridized carbons (Fsp3) is 0.190. The number of carbonyl (C=O) groups excluding carboxylic acids is 1. The van der Waals surface area contributed by atoms with E-state index < -0.39 is 0 Å². The lowest BCUT2D eigenvalue weighted by Gasteiger charge is -2.26. The average Bonchev–Trinajstić information content (AvgIpc) is 2.67. The highest BCUT2D eigenvalue weighted by molar-refractivity contribution is 5.92. The van der Waals surface area contributed by atoms with Crippen molar-refractivity contribution < 1.29 is 4.79 Å². The summed E-state index contributed by atoms with van der Waals surface area (Å²) in [4.78, 5) is 26.9. The first kappa shape index (κ1) is 17.6. The van der Waals surface area contributed by atoms with E-state index in [9.17, 15) is 9.59 Å². The highest BCUT2D eigenvalue weighted by Gasteiger charge is 2.21. The number of carbonyl (C=O) groups is 1. The fourth-order valence-corrected chi connectivity index (χ4v) is 2.70. The Hall–Kier alpha value is -3.21. The maximum Gasteiger partial charge on any atom is 0.274 e. The van der Waals surface area contributed by atoms with E-state index >= 15 is 0 Å². The van der Waals surface area contributed by atoms with E-state index in [-0.39, 0.29) is 23.2 Å². The van der Waals surface area contributed by atoms with Crippen molar-refractivity contribution in [3.63, 3.8) is 0 Å². The minimum absolute atomic E-state index is 0.00149. The lowest BCUT2D eigenvalue weighted by Crippen LogP contribution is -2.38. The van der Waals surface area contributed by atoms with Gasteiger partial charge in [-0.1, -0.05) is 48.5 Å². The maximum atomic E-state index is 13.0. The number of aromatic nitrogens is 2. The minimum atomic E-state index is -0.271. The van der Waals surface area contributed by atoms with Crippen molar-refractivity contribution in [2.45, 2.75) is 26.4 Å². The fourth-order valence-electron chi connectivity index (χ4n) is 2.70. The summed E-state index contributed by atoms with van der Waals surface area (Å²) in [6.45, 7) is 4.42. The van der Waals surface area contributed by atoms with Gasteiger partial charge in [-0.05, 0) is 37.6 Å². The Bertz CT molecular complexity index is 934. The molecule has 5 nitrogen and oxygen atoms in total. The minimum Gasteiger partial charge on any atom is -0.331 e. The molecule has 3 aromatic rings. The Morgan fingerprint density at radius 2 is 1.58 bits per heavy atom. The zero-order chi connectivity index (χ0) is 18.5. The van der Waals surface area contributed by atoms with Crippen LogP contribution in [-0.4, -0.2) is 26.6 Å². The second-order valence-corrected chi connectivity index (χ2v) is 6.32. The molecule has 132 valence electrons. The van der Waals surface area contributed by atoms with E-state index in [2.05, 4.69) is 5.10 Å². The summed E-state index contributed by atoms with van der Waals surface area (Å²) in [5, 5.41) is 4.30. The predicted octanol–water partition coefficient (Wildman–Crippen LogP) is 3.28. The Kier molecular flexibility index (Phi) is 5.27. The van der Waals surface area contributed by atoms with Crippen LogP contribution in [-0.2, 0) is 6.54 Å². The van der Waals surface area contributed by atoms with Crippen molar-refractivity contribution in [2.75, 3.05) is 0 Å². The molecular weight excluding hydrogens is 326 g/mol. The van der Waals surface area contributed by atoms with E-state index in [1.54, 1.807) is 17.0 Å². The molecule has 0 saturated carbocycles. The van der Waals surface area contributed by atoms with Crippen LogP contribution in [0.4, 0.5) is 0 Å². The van der Waals surface area contributed by atoms with E-state index in [0.29, 0.717) is 12.2 Å². The number of hydrogen-bond donors (Lipinski definition) is 0. The first-order valence-corrected chi connectivity index (χ1v) is 8.57. The van der Waals surface area contributed by atoms with Crippen molar-refractivity contribution in [3.05, 3.63) is 94.4 Å². The first-order valence-electron chi connectivity index (χ1n) is 8.57. The van der Waals surface area contributed by atoms with Gasteiger partial charge in [0, 0.05) is 18.7 Å². The Morgan fingerprint density at radius 3 is 2.19 bits per heavy atom. The van der Waals surface area contributed by atoms with Crippen LogP contribution >= 0.6 is 0 Å². The molecule has 2 aromatic carbocycles. The third-order valence-electron chi connectivity index (χ3n) is 4.10. The number of hydrogen-bond acceptors (Lipinski definition) is 3. The van der Waals surface area contributed by atoms with Crippen molar-refractivity contribution in [3.8, 4) is 5.69 Å². The van der Waals surface area contributed by atoms with Crippen LogP contribution in [0.2, 0.25) is 0 Å². The van der Waals surface area contributed by atoms with Crippen LogP contribution in [0, 0.1) is 0 Å². The molecule has 0 bridgehead atoms. The summed E-state index contributed by atoms with van der Waals surface area (Å²) in [5.74, 6) is -0.200. The molecule has 3 rings (SSSR count). The van der Waals surface area contributed by atoms with Gasteiger partial charge >= 0.3 is 0 Å². The lowest BCUT2D eigenvalue weighted by atomic mass is 10.1. The van der Waals surface area contributed by atoms with Gasteiger partial charge in [-0.2, -0.15) is 9.78 Å². The molecule has 1 heterocycles. The zero-order valence-electron chi connectivity index (χ0n) is 14.9. The van der Waals surface area contributed by atoms with Gasteiger partial charge in [0.05, 0.1) is 5.69 Å². The molecule has 0 aliphatic heterocycles. The van der Waals surface area contributed by atoms with E-state index in [1.807, 2.05) is 62.4 Å². The summed E-state index contributed by atoms with van der Waals surface area (Å²) in [7, 11) is 0. The SMILES string of the molecule is CC(C)N(Cc1ccccc1)C(=O)c1ccc(=O)n(-c2ccccc2)n1. The Balaban J connectivity index is 1.94. The number of rotatable bonds is 5. The van der Waals surface area contributed by atoms with Crippen LogP contribution in [0.25, 0.3) is 5.69 Å². The van der Waals surface area contributed by atoms with Crippen LogP contribution in [0.1, 0.15) is 29.9 Å². The molecule has 0 saturated heterocycles. The molecule has 1 amide bonds. The third-order valence-corrected chi connectivity index (χ3v) is 4.10. The first-order chi connectivity index (χ1) is 12.6. The highest BCUT2D eigenvalue weighted by atomic mass is 16.2. The van der Waals surface area contributed by atoms with Crippen LogP contribution in [0.15, 0.2) is 77.6 Å². The van der Waals surface area contributed by atoms with Gasteiger partial charge in [-0.3, -0.25) is 9.59 Å². The van der Waals surface area contributed by atoms with Gasteiger partial charge in [-0.25, -0.2) is 0 Å². The van der Waals surface area contributed by atoms with Gasteiger partial charge in [0.15, 0.2) is 0 Å². The molecule has 5 heteroatoms. The molecular formula is C21H21N3O2. The van der Waals surface area contributed by atoms with Crippen molar-refractivity contribution in [2.24, 2.45) is 0 Å². The second-order valence-electron chi connectivity index (χ2n) is 6.32. The van der Waals surface area contributed by atoms with E-state index in [4.69, 9.17) is 0 Å². The van der Waals surface area contributed by atoms with E-state index in [1.165, 1.54) is 16.8 Å². The van der Waals surface area contributed by atoms with Gasteiger partial charge < -0.3 is 4.90 Å². The number of para-hydroxylation sites is 1. The van der Waals surface area contributed by atoms with Gasteiger partial charge in [-0.15, -0.1) is 0 Å². The molecule has 0 fully saturated rings. The normalized spacial score (nSPS) is 10.7. The van der Waals surface area contributed by atoms with Crippen LogP contribution < -0.4 is 5.56 Å². The molecule has 0 aliphatic rings. The zero-order valence-corrected chi connectivity index (χ0v) is 14.9. The predicted molar refractivity (Wildman–Crippen MR) is 101 cm³/mol. The van der Waals surface area contributed by atoms with E-state index in [0.717, 1.165) is 5.56 Å². The lowest BCUT2D eigenvalue weighted by molar-refractivity contribution is 0.0682. The van der Waals surface area contributed by atoms with Crippen molar-refractivity contribution in [1.82, 2.24) is 14.7 Å². The maximum absolute atomic E-state index is 13.0. The molecule has 1 aromatic heterocycles. The van der Waals surface area contributed by atoms with Crippen LogP contribution in [0.5, 0.6) is 0 Å². The monoisotopic (exact) mass is 347 g/mol. The van der Waals surface area contributed by atoms with Crippen LogP contribution in [0.3, 0.4) is 0 Å². The topological polar surface area (TPSA) is 55.2 Å². The summed E-state index contributed by atoms with van der Waals surface area (Å²) >= 11 is 0. The third kappa shape index (κ3) is 3.88. The molecule has 0 radical (unpaired) electrons. The molecule has 0 unspecified atom stereocenters. The standard InChI is InChI=1S/C21H21N3O2/c1-16(2)23(15-17-9-5-3-6-10-17)21(26)19-13-14-20(25)24(22-19)18-11-7-4-8-12-18/h3-14,16H,15H2,1-2H3. The Labute approximate surface area is 152 Å². The van der Waals surface area contributed by atoms with Crippen molar-refractivity contribution in [1.29, 1.82) is 0 Å². The molecule has 26 heavy (non-hydrogen) atoms. The molecule has 0 atom stereocenters. The summed E-state index contributed by atoms with van der Waals surface area (Å²) in [6, 6.07) is 21.8. The quantitative estimate of drug-likeness (QED) is 0.712. The smallest absolute Gasteiger partial charge is 0.274 e. The largest absolute Gasteiger partial charge is 0.331 e. The van der Waals surface area contributed by atoms with Gasteiger partial charge in [0.25, 0.3) is 11.5 Å². The number of benzene rings is 2. The summed E-state index contributed by atoms with van der Waals surface area (Å²) < 4.78 is 1.26. The summed E-state index contributed by atoms with van der Waals surface area (Å²) in [5.41, 5.74) is 1.65. The second kappa shape index (κ2) is 7.78. The molecule has 0 N–H and O–H groups in total. The Morgan fingerprint density at radius 1 is 0.962 bits per heavy atom.